The Balaban J connectivity index is 1.76. The quantitative estimate of drug-likeness (QED) is 0.257. The van der Waals surface area contributed by atoms with Gasteiger partial charge in [0.1, 0.15) is 11.6 Å². The number of fused-ring (bicyclic) bond motifs is 1. The molecule has 3 aliphatic heterocycles. The molecule has 1 aromatic carbocycles. The number of benzene rings is 1. The minimum absolute atomic E-state index is 0.147. The molecule has 1 spiro atoms. The van der Waals surface area contributed by atoms with Crippen LogP contribution in [0.25, 0.3) is 0 Å². The third kappa shape index (κ3) is 5.37. The third-order valence-electron chi connectivity index (χ3n) is 9.43. The molecule has 3 amide bonds. The molecule has 0 radical (unpaired) electrons. The van der Waals surface area contributed by atoms with Gasteiger partial charge in [-0.3, -0.25) is 14.4 Å². The SMILES string of the molecule is C=CCN(CCCCC)C(=O)C1N([C@H](C)CO)C(=O)[C@@H]2[C@H](C(=O)N(CC=C)Cc3ccccc3)[C@]3(CC)CCC12O3. The van der Waals surface area contributed by atoms with Gasteiger partial charge in [0, 0.05) is 26.2 Å². The van der Waals surface area contributed by atoms with Crippen molar-refractivity contribution in [1.82, 2.24) is 14.7 Å². The molecule has 0 saturated carbocycles. The molecule has 6 atom stereocenters. The number of amides is 3. The second-order valence-corrected chi connectivity index (χ2v) is 11.9. The number of nitrogens with zero attached hydrogens (tertiary/aromatic N) is 3. The van der Waals surface area contributed by atoms with E-state index in [0.29, 0.717) is 45.4 Å². The zero-order valence-corrected chi connectivity index (χ0v) is 25.0. The number of carbonyl (C=O) groups is 3. The molecule has 0 aromatic heterocycles. The van der Waals surface area contributed by atoms with E-state index in [4.69, 9.17) is 4.74 Å². The van der Waals surface area contributed by atoms with Gasteiger partial charge in [-0.15, -0.1) is 13.2 Å². The van der Waals surface area contributed by atoms with Crippen LogP contribution in [0.2, 0.25) is 0 Å². The second kappa shape index (κ2) is 12.9. The highest BCUT2D eigenvalue weighted by molar-refractivity contribution is 5.99. The molecular formula is C33H47N3O5. The lowest BCUT2D eigenvalue weighted by Crippen LogP contribution is -2.58. The third-order valence-corrected chi connectivity index (χ3v) is 9.43. The number of rotatable bonds is 15. The number of likely N-dealkylation sites (tertiary alicyclic amines) is 1. The van der Waals surface area contributed by atoms with Gasteiger partial charge in [-0.05, 0) is 38.2 Å². The maximum absolute atomic E-state index is 14.5. The lowest BCUT2D eigenvalue weighted by Gasteiger charge is -2.38. The topological polar surface area (TPSA) is 90.4 Å². The minimum Gasteiger partial charge on any atom is -0.394 e. The van der Waals surface area contributed by atoms with Crippen molar-refractivity contribution in [3.8, 4) is 0 Å². The summed E-state index contributed by atoms with van der Waals surface area (Å²) >= 11 is 0. The normalized spacial score (nSPS) is 28.8. The predicted molar refractivity (Wildman–Crippen MR) is 159 cm³/mol. The highest BCUT2D eigenvalue weighted by Crippen LogP contribution is 2.65. The molecule has 41 heavy (non-hydrogen) atoms. The van der Waals surface area contributed by atoms with E-state index >= 15 is 0 Å². The minimum atomic E-state index is -1.12. The number of unbranched alkanes of at least 4 members (excludes halogenated alkanes) is 2. The van der Waals surface area contributed by atoms with Crippen LogP contribution in [-0.4, -0.2) is 87.1 Å². The summed E-state index contributed by atoms with van der Waals surface area (Å²) in [5.74, 6) is -2.13. The van der Waals surface area contributed by atoms with Crippen LogP contribution < -0.4 is 0 Å². The van der Waals surface area contributed by atoms with Crippen molar-refractivity contribution in [2.24, 2.45) is 11.8 Å². The monoisotopic (exact) mass is 565 g/mol. The van der Waals surface area contributed by atoms with Gasteiger partial charge in [0.25, 0.3) is 0 Å². The van der Waals surface area contributed by atoms with Crippen LogP contribution >= 0.6 is 0 Å². The van der Waals surface area contributed by atoms with Crippen molar-refractivity contribution in [2.75, 3.05) is 26.2 Å². The summed E-state index contributed by atoms with van der Waals surface area (Å²) in [7, 11) is 0. The standard InChI is InChI=1S/C33H47N3O5/c1-6-10-14-21-34(19-7-2)31(40)28-33-18-17-32(9-4,41-33)26(27(33)30(39)36(28)24(5)23-37)29(38)35(20-8-3)22-25-15-12-11-13-16-25/h7-8,11-13,15-16,24,26-28,37H,2-3,6,9-10,14,17-23H2,1,4-5H3/t24-,26-,27+,28?,32+,33?/m1/s1. The fourth-order valence-electron chi connectivity index (χ4n) is 7.43. The summed E-state index contributed by atoms with van der Waals surface area (Å²) in [5.41, 5.74) is -0.961. The average Bonchev–Trinajstić information content (AvgIpc) is 3.59. The highest BCUT2D eigenvalue weighted by atomic mass is 16.5. The van der Waals surface area contributed by atoms with Crippen molar-refractivity contribution in [3.63, 3.8) is 0 Å². The molecule has 8 nitrogen and oxygen atoms in total. The first-order chi connectivity index (χ1) is 19.7. The molecule has 3 heterocycles. The van der Waals surface area contributed by atoms with E-state index in [1.807, 2.05) is 37.3 Å². The van der Waals surface area contributed by atoms with E-state index in [1.165, 1.54) is 4.90 Å². The number of hydrogen-bond acceptors (Lipinski definition) is 5. The summed E-state index contributed by atoms with van der Waals surface area (Å²) in [5, 5.41) is 10.2. The molecule has 3 fully saturated rings. The Morgan fingerprint density at radius 3 is 2.39 bits per heavy atom. The van der Waals surface area contributed by atoms with E-state index in [0.717, 1.165) is 24.8 Å². The first-order valence-corrected chi connectivity index (χ1v) is 15.2. The number of ether oxygens (including phenoxy) is 1. The van der Waals surface area contributed by atoms with E-state index in [1.54, 1.807) is 28.9 Å². The summed E-state index contributed by atoms with van der Waals surface area (Å²) in [6.07, 6.45) is 7.94. The zero-order valence-electron chi connectivity index (χ0n) is 25.0. The molecule has 1 N–H and O–H groups in total. The molecule has 1 aromatic rings. The Kier molecular flexibility index (Phi) is 9.75. The molecular weight excluding hydrogens is 518 g/mol. The van der Waals surface area contributed by atoms with Gasteiger partial charge >= 0.3 is 0 Å². The van der Waals surface area contributed by atoms with Gasteiger partial charge in [0.2, 0.25) is 17.7 Å². The number of carbonyl (C=O) groups excluding carboxylic acids is 3. The Morgan fingerprint density at radius 1 is 1.10 bits per heavy atom. The van der Waals surface area contributed by atoms with Crippen molar-refractivity contribution in [3.05, 3.63) is 61.2 Å². The Morgan fingerprint density at radius 2 is 1.78 bits per heavy atom. The van der Waals surface area contributed by atoms with Crippen LogP contribution in [0.1, 0.15) is 64.9 Å². The second-order valence-electron chi connectivity index (χ2n) is 11.9. The molecule has 224 valence electrons. The van der Waals surface area contributed by atoms with Crippen molar-refractivity contribution >= 4 is 17.7 Å². The van der Waals surface area contributed by atoms with Crippen LogP contribution in [0.4, 0.5) is 0 Å². The largest absolute Gasteiger partial charge is 0.394 e. The van der Waals surface area contributed by atoms with Gasteiger partial charge in [-0.25, -0.2) is 0 Å². The molecule has 3 aliphatic rings. The van der Waals surface area contributed by atoms with E-state index < -0.39 is 35.1 Å². The van der Waals surface area contributed by atoms with Crippen molar-refractivity contribution in [2.45, 2.75) is 89.1 Å². The molecule has 2 unspecified atom stereocenters. The first-order valence-electron chi connectivity index (χ1n) is 15.2. The molecule has 3 saturated heterocycles. The van der Waals surface area contributed by atoms with E-state index in [2.05, 4.69) is 20.1 Å². The highest BCUT2D eigenvalue weighted by Gasteiger charge is 2.79. The Labute approximate surface area is 245 Å². The molecule has 2 bridgehead atoms. The summed E-state index contributed by atoms with van der Waals surface area (Å²) in [4.78, 5) is 48.3. The Bertz CT molecular complexity index is 1130. The maximum atomic E-state index is 14.5. The molecule has 8 heteroatoms. The van der Waals surface area contributed by atoms with Crippen LogP contribution in [0.15, 0.2) is 55.6 Å². The van der Waals surface area contributed by atoms with Crippen molar-refractivity contribution < 1.29 is 24.2 Å². The fraction of sp³-hybridized carbons (Fsp3) is 0.606. The Hall–Kier alpha value is -2.97. The number of aliphatic hydroxyl groups is 1. The van der Waals surface area contributed by atoms with Crippen molar-refractivity contribution in [1.29, 1.82) is 0 Å². The van der Waals surface area contributed by atoms with Crippen LogP contribution in [0.5, 0.6) is 0 Å². The van der Waals surface area contributed by atoms with Gasteiger partial charge in [-0.1, -0.05) is 69.2 Å². The zero-order chi connectivity index (χ0) is 29.8. The van der Waals surface area contributed by atoms with E-state index in [9.17, 15) is 19.5 Å². The van der Waals surface area contributed by atoms with Gasteiger partial charge in [0.05, 0.1) is 30.1 Å². The number of aliphatic hydroxyl groups excluding tert-OH is 1. The lowest BCUT2D eigenvalue weighted by atomic mass is 9.64. The summed E-state index contributed by atoms with van der Waals surface area (Å²) in [6, 6.07) is 8.27. The lowest BCUT2D eigenvalue weighted by molar-refractivity contribution is -0.157. The van der Waals surface area contributed by atoms with Crippen LogP contribution in [0.3, 0.4) is 0 Å². The van der Waals surface area contributed by atoms with Crippen LogP contribution in [-0.2, 0) is 25.7 Å². The van der Waals surface area contributed by atoms with Gasteiger partial charge in [0.15, 0.2) is 0 Å². The summed E-state index contributed by atoms with van der Waals surface area (Å²) < 4.78 is 6.93. The maximum Gasteiger partial charge on any atom is 0.248 e. The first kappa shape index (κ1) is 31.0. The average molecular weight is 566 g/mol. The fourth-order valence-corrected chi connectivity index (χ4v) is 7.43. The smallest absolute Gasteiger partial charge is 0.248 e. The molecule has 4 rings (SSSR count). The molecule has 0 aliphatic carbocycles. The van der Waals surface area contributed by atoms with Crippen LogP contribution in [0, 0.1) is 11.8 Å². The van der Waals surface area contributed by atoms with E-state index in [-0.39, 0.29) is 24.3 Å². The summed E-state index contributed by atoms with van der Waals surface area (Å²) in [6.45, 7) is 15.0. The van der Waals surface area contributed by atoms with Gasteiger partial charge < -0.3 is 24.5 Å². The number of hydrogen-bond donors (Lipinski definition) is 1. The van der Waals surface area contributed by atoms with Gasteiger partial charge in [-0.2, -0.15) is 0 Å². The predicted octanol–water partition coefficient (Wildman–Crippen LogP) is 3.94.